The molecule has 0 atom stereocenters. The van der Waals surface area contributed by atoms with Gasteiger partial charge in [0.2, 0.25) is 0 Å². The lowest BCUT2D eigenvalue weighted by molar-refractivity contribution is 0.788. The maximum atomic E-state index is 3.14. The molecule has 0 aromatic heterocycles. The van der Waals surface area contributed by atoms with Crippen molar-refractivity contribution < 1.29 is 0 Å². The minimum absolute atomic E-state index is 1.06. The van der Waals surface area contributed by atoms with E-state index < -0.39 is 0 Å². The summed E-state index contributed by atoms with van der Waals surface area (Å²) < 4.78 is 0. The third-order valence-corrected chi connectivity index (χ3v) is 1.91. The van der Waals surface area contributed by atoms with Crippen LogP contribution in [0.25, 0.3) is 0 Å². The molecule has 60 valence electrons. The fourth-order valence-electron chi connectivity index (χ4n) is 1.15. The van der Waals surface area contributed by atoms with E-state index in [-0.39, 0.29) is 0 Å². The van der Waals surface area contributed by atoms with Crippen molar-refractivity contribution in [1.29, 1.82) is 0 Å². The number of hydrogen-bond donors (Lipinski definition) is 1. The molecular formula is C10H15N. The summed E-state index contributed by atoms with van der Waals surface area (Å²) in [6.07, 6.45) is 1.13. The van der Waals surface area contributed by atoms with Gasteiger partial charge < -0.3 is 5.32 Å². The normalized spacial score (nSPS) is 10.0. The van der Waals surface area contributed by atoms with Crippen molar-refractivity contribution >= 4 is 0 Å². The Morgan fingerprint density at radius 2 is 2.00 bits per heavy atom. The zero-order chi connectivity index (χ0) is 8.10. The van der Waals surface area contributed by atoms with E-state index in [2.05, 4.69) is 36.5 Å². The lowest BCUT2D eigenvalue weighted by Crippen LogP contribution is -2.10. The Morgan fingerprint density at radius 1 is 1.27 bits per heavy atom. The molecular weight excluding hydrogens is 134 g/mol. The predicted octanol–water partition coefficient (Wildman–Crippen LogP) is 1.76. The van der Waals surface area contributed by atoms with Gasteiger partial charge in [-0.1, -0.05) is 24.3 Å². The molecule has 11 heavy (non-hydrogen) atoms. The van der Waals surface area contributed by atoms with Crippen molar-refractivity contribution in [2.24, 2.45) is 0 Å². The van der Waals surface area contributed by atoms with Crippen LogP contribution in [-0.4, -0.2) is 13.6 Å². The van der Waals surface area contributed by atoms with Gasteiger partial charge in [0.25, 0.3) is 0 Å². The van der Waals surface area contributed by atoms with Crippen LogP contribution in [0.2, 0.25) is 0 Å². The van der Waals surface area contributed by atoms with E-state index in [1.54, 1.807) is 0 Å². The molecule has 1 rings (SSSR count). The zero-order valence-electron chi connectivity index (χ0n) is 7.22. The van der Waals surface area contributed by atoms with Crippen LogP contribution < -0.4 is 5.32 Å². The lowest BCUT2D eigenvalue weighted by atomic mass is 10.1. The van der Waals surface area contributed by atoms with Crippen molar-refractivity contribution in [2.75, 3.05) is 13.6 Å². The quantitative estimate of drug-likeness (QED) is 0.690. The van der Waals surface area contributed by atoms with Crippen LogP contribution in [0.4, 0.5) is 0 Å². The highest BCUT2D eigenvalue weighted by Crippen LogP contribution is 2.06. The fourth-order valence-corrected chi connectivity index (χ4v) is 1.15. The number of rotatable bonds is 3. The number of benzene rings is 1. The topological polar surface area (TPSA) is 12.0 Å². The average molecular weight is 149 g/mol. The van der Waals surface area contributed by atoms with Crippen molar-refractivity contribution in [3.63, 3.8) is 0 Å². The van der Waals surface area contributed by atoms with Gasteiger partial charge >= 0.3 is 0 Å². The van der Waals surface area contributed by atoms with Crippen LogP contribution in [0.15, 0.2) is 24.3 Å². The van der Waals surface area contributed by atoms with Gasteiger partial charge in [-0.05, 0) is 38.1 Å². The van der Waals surface area contributed by atoms with Gasteiger partial charge in [0.15, 0.2) is 0 Å². The molecule has 0 aliphatic carbocycles. The average Bonchev–Trinajstić information content (AvgIpc) is 2.03. The van der Waals surface area contributed by atoms with Crippen molar-refractivity contribution in [3.8, 4) is 0 Å². The molecule has 0 saturated carbocycles. The van der Waals surface area contributed by atoms with Crippen LogP contribution in [-0.2, 0) is 6.42 Å². The second-order valence-corrected chi connectivity index (χ2v) is 2.78. The van der Waals surface area contributed by atoms with Gasteiger partial charge in [0.05, 0.1) is 0 Å². The van der Waals surface area contributed by atoms with Crippen LogP contribution in [0.5, 0.6) is 0 Å². The molecule has 0 fully saturated rings. The second kappa shape index (κ2) is 4.14. The maximum absolute atomic E-state index is 3.14. The third kappa shape index (κ3) is 2.35. The summed E-state index contributed by atoms with van der Waals surface area (Å²) in [5, 5.41) is 3.14. The summed E-state index contributed by atoms with van der Waals surface area (Å²) in [6, 6.07) is 8.52. The Labute approximate surface area is 68.4 Å². The molecule has 0 spiro atoms. The van der Waals surface area contributed by atoms with E-state index in [9.17, 15) is 0 Å². The van der Waals surface area contributed by atoms with Gasteiger partial charge in [-0.3, -0.25) is 0 Å². The first-order valence-electron chi connectivity index (χ1n) is 4.03. The summed E-state index contributed by atoms with van der Waals surface area (Å²) in [4.78, 5) is 0. The largest absolute Gasteiger partial charge is 0.319 e. The summed E-state index contributed by atoms with van der Waals surface area (Å²) in [6.45, 7) is 3.22. The minimum Gasteiger partial charge on any atom is -0.319 e. The maximum Gasteiger partial charge on any atom is -0.00113 e. The van der Waals surface area contributed by atoms with Crippen LogP contribution in [0.3, 0.4) is 0 Å². The van der Waals surface area contributed by atoms with Gasteiger partial charge in [0.1, 0.15) is 0 Å². The lowest BCUT2D eigenvalue weighted by Gasteiger charge is -2.03. The Kier molecular flexibility index (Phi) is 3.12. The molecule has 0 aliphatic heterocycles. The molecule has 0 heterocycles. The van der Waals surface area contributed by atoms with Gasteiger partial charge in [-0.25, -0.2) is 0 Å². The zero-order valence-corrected chi connectivity index (χ0v) is 7.22. The first kappa shape index (κ1) is 8.28. The molecule has 1 aromatic rings. The van der Waals surface area contributed by atoms with Crippen molar-refractivity contribution in [2.45, 2.75) is 13.3 Å². The van der Waals surface area contributed by atoms with E-state index >= 15 is 0 Å². The van der Waals surface area contributed by atoms with Crippen molar-refractivity contribution in [3.05, 3.63) is 35.4 Å². The summed E-state index contributed by atoms with van der Waals surface area (Å²) in [5.41, 5.74) is 2.84. The summed E-state index contributed by atoms with van der Waals surface area (Å²) >= 11 is 0. The van der Waals surface area contributed by atoms with E-state index in [1.165, 1.54) is 11.1 Å². The Hall–Kier alpha value is -0.820. The highest BCUT2D eigenvalue weighted by molar-refractivity contribution is 5.25. The molecule has 1 N–H and O–H groups in total. The molecule has 0 bridgehead atoms. The first-order chi connectivity index (χ1) is 5.34. The van der Waals surface area contributed by atoms with Crippen molar-refractivity contribution in [1.82, 2.24) is 5.32 Å². The molecule has 1 nitrogen and oxygen atoms in total. The third-order valence-electron chi connectivity index (χ3n) is 1.91. The number of nitrogens with one attached hydrogen (secondary N) is 1. The van der Waals surface area contributed by atoms with E-state index in [0.29, 0.717) is 0 Å². The highest BCUT2D eigenvalue weighted by Gasteiger charge is 1.93. The second-order valence-electron chi connectivity index (χ2n) is 2.78. The SMILES string of the molecule is CNCCc1ccccc1C. The molecule has 0 unspecified atom stereocenters. The van der Waals surface area contributed by atoms with E-state index in [0.717, 1.165) is 13.0 Å². The summed E-state index contributed by atoms with van der Waals surface area (Å²) in [5.74, 6) is 0. The van der Waals surface area contributed by atoms with Crippen LogP contribution in [0.1, 0.15) is 11.1 Å². The molecule has 0 amide bonds. The summed E-state index contributed by atoms with van der Waals surface area (Å²) in [7, 11) is 1.98. The van der Waals surface area contributed by atoms with Gasteiger partial charge in [0, 0.05) is 0 Å². The van der Waals surface area contributed by atoms with Gasteiger partial charge in [-0.15, -0.1) is 0 Å². The standard InChI is InChI=1S/C10H15N/c1-9-5-3-4-6-10(9)7-8-11-2/h3-6,11H,7-8H2,1-2H3. The number of aryl methyl sites for hydroxylation is 1. The Bertz CT molecular complexity index is 218. The fraction of sp³-hybridized carbons (Fsp3) is 0.400. The van der Waals surface area contributed by atoms with Crippen LogP contribution >= 0.6 is 0 Å². The Balaban J connectivity index is 2.62. The van der Waals surface area contributed by atoms with E-state index in [1.807, 2.05) is 7.05 Å². The monoisotopic (exact) mass is 149 g/mol. The number of likely N-dealkylation sites (N-methyl/N-ethyl adjacent to an activating group) is 1. The highest BCUT2D eigenvalue weighted by atomic mass is 14.8. The molecule has 0 radical (unpaired) electrons. The minimum atomic E-state index is 1.06. The first-order valence-corrected chi connectivity index (χ1v) is 4.03. The smallest absolute Gasteiger partial charge is 0.00113 e. The predicted molar refractivity (Wildman–Crippen MR) is 48.8 cm³/mol. The molecule has 0 saturated heterocycles. The Morgan fingerprint density at radius 3 is 2.64 bits per heavy atom. The molecule has 1 aromatic carbocycles. The van der Waals surface area contributed by atoms with Crippen LogP contribution in [0, 0.1) is 6.92 Å². The molecule has 1 heteroatoms. The number of hydrogen-bond acceptors (Lipinski definition) is 1. The van der Waals surface area contributed by atoms with Gasteiger partial charge in [-0.2, -0.15) is 0 Å². The molecule has 0 aliphatic rings. The van der Waals surface area contributed by atoms with E-state index in [4.69, 9.17) is 0 Å².